The largest absolute Gasteiger partial charge is 0.497 e. The zero-order valence-corrected chi connectivity index (χ0v) is 20.7. The number of rotatable bonds is 5. The van der Waals surface area contributed by atoms with Gasteiger partial charge in [-0.1, -0.05) is 23.7 Å². The minimum atomic E-state index is -4.49. The molecule has 1 aliphatic rings. The van der Waals surface area contributed by atoms with Crippen LogP contribution >= 0.6 is 11.6 Å². The van der Waals surface area contributed by atoms with Gasteiger partial charge >= 0.3 is 6.18 Å². The molecule has 1 unspecified atom stereocenters. The summed E-state index contributed by atoms with van der Waals surface area (Å²) in [7, 11) is 1.62. The average molecular weight is 510 g/mol. The maximum absolute atomic E-state index is 13.0. The van der Waals surface area contributed by atoms with E-state index >= 15 is 0 Å². The molecule has 188 valence electrons. The molecule has 0 aliphatic carbocycles. The number of methoxy groups -OCH3 is 1. The Balaban J connectivity index is 1.62. The third-order valence-corrected chi connectivity index (χ3v) is 6.19. The molecule has 1 aliphatic heterocycles. The van der Waals surface area contributed by atoms with Crippen molar-refractivity contribution in [2.75, 3.05) is 38.2 Å². The van der Waals surface area contributed by atoms with Gasteiger partial charge in [0.15, 0.2) is 5.82 Å². The van der Waals surface area contributed by atoms with Crippen molar-refractivity contribution in [2.24, 2.45) is 0 Å². The molecule has 12 heteroatoms. The van der Waals surface area contributed by atoms with Crippen molar-refractivity contribution in [3.63, 3.8) is 0 Å². The average Bonchev–Trinajstić information content (AvgIpc) is 3.29. The summed E-state index contributed by atoms with van der Waals surface area (Å²) in [5.41, 5.74) is -0.226. The van der Waals surface area contributed by atoms with Crippen LogP contribution in [0.2, 0.25) is 5.02 Å². The first kappa shape index (κ1) is 25.2. The zero-order valence-electron chi connectivity index (χ0n) is 19.9. The lowest BCUT2D eigenvalue weighted by Crippen LogP contribution is -2.49. The number of ether oxygens (including phenoxy) is 1. The number of aromatic nitrogens is 5. The Labute approximate surface area is 206 Å². The summed E-state index contributed by atoms with van der Waals surface area (Å²) < 4.78 is 46.3. The SMILES string of the molecule is COc1cccc(C(c2nnnn2C(C)(C)C)N2CCN(c3ncc(C(F)(F)F)cc3Cl)CC2)c1. The van der Waals surface area contributed by atoms with Crippen LogP contribution < -0.4 is 9.64 Å². The van der Waals surface area contributed by atoms with Crippen LogP contribution in [0.15, 0.2) is 36.5 Å². The van der Waals surface area contributed by atoms with Crippen molar-refractivity contribution in [1.82, 2.24) is 30.1 Å². The predicted octanol–water partition coefficient (Wildman–Crippen LogP) is 4.42. The van der Waals surface area contributed by atoms with Gasteiger partial charge in [0.05, 0.1) is 29.3 Å². The van der Waals surface area contributed by atoms with Crippen LogP contribution in [0.4, 0.5) is 19.0 Å². The summed E-state index contributed by atoms with van der Waals surface area (Å²) in [6.07, 6.45) is -3.67. The highest BCUT2D eigenvalue weighted by Gasteiger charge is 2.35. The minimum Gasteiger partial charge on any atom is -0.497 e. The van der Waals surface area contributed by atoms with Gasteiger partial charge in [-0.15, -0.1) is 5.10 Å². The third-order valence-electron chi connectivity index (χ3n) is 5.91. The molecule has 1 fully saturated rings. The van der Waals surface area contributed by atoms with Crippen molar-refractivity contribution >= 4 is 17.4 Å². The summed E-state index contributed by atoms with van der Waals surface area (Å²) in [5.74, 6) is 1.77. The fraction of sp³-hybridized carbons (Fsp3) is 0.478. The quantitative estimate of drug-likeness (QED) is 0.504. The van der Waals surface area contributed by atoms with Crippen molar-refractivity contribution in [1.29, 1.82) is 0 Å². The number of hydrogen-bond acceptors (Lipinski definition) is 7. The second kappa shape index (κ2) is 9.62. The number of benzene rings is 1. The molecule has 3 aromatic rings. The molecule has 0 radical (unpaired) electrons. The highest BCUT2D eigenvalue weighted by molar-refractivity contribution is 6.33. The van der Waals surface area contributed by atoms with Crippen LogP contribution in [0, 0.1) is 0 Å². The molecule has 0 saturated carbocycles. The first-order chi connectivity index (χ1) is 16.5. The fourth-order valence-electron chi connectivity index (χ4n) is 4.19. The van der Waals surface area contributed by atoms with Gasteiger partial charge in [0.1, 0.15) is 11.6 Å². The molecule has 4 rings (SSSR count). The number of hydrogen-bond donors (Lipinski definition) is 0. The maximum atomic E-state index is 13.0. The molecule has 1 saturated heterocycles. The van der Waals surface area contributed by atoms with Gasteiger partial charge in [0.25, 0.3) is 0 Å². The first-order valence-electron chi connectivity index (χ1n) is 11.1. The Morgan fingerprint density at radius 3 is 2.37 bits per heavy atom. The molecular weight excluding hydrogens is 483 g/mol. The number of tetrazole rings is 1. The molecule has 0 spiro atoms. The molecule has 0 bridgehead atoms. The highest BCUT2D eigenvalue weighted by Crippen LogP contribution is 2.35. The summed E-state index contributed by atoms with van der Waals surface area (Å²) in [6, 6.07) is 8.45. The van der Waals surface area contributed by atoms with Gasteiger partial charge < -0.3 is 9.64 Å². The van der Waals surface area contributed by atoms with E-state index in [1.165, 1.54) is 0 Å². The van der Waals surface area contributed by atoms with E-state index in [0.717, 1.165) is 23.6 Å². The third kappa shape index (κ3) is 5.35. The van der Waals surface area contributed by atoms with Gasteiger partial charge in [-0.25, -0.2) is 9.67 Å². The highest BCUT2D eigenvalue weighted by atomic mass is 35.5. The lowest BCUT2D eigenvalue weighted by Gasteiger charge is -2.40. The van der Waals surface area contributed by atoms with Gasteiger partial charge in [-0.3, -0.25) is 4.90 Å². The molecule has 35 heavy (non-hydrogen) atoms. The topological polar surface area (TPSA) is 72.2 Å². The van der Waals surface area contributed by atoms with Crippen LogP contribution in [0.5, 0.6) is 5.75 Å². The minimum absolute atomic E-state index is 0.0192. The van der Waals surface area contributed by atoms with Crippen molar-refractivity contribution < 1.29 is 17.9 Å². The zero-order chi connectivity index (χ0) is 25.4. The van der Waals surface area contributed by atoms with Crippen molar-refractivity contribution in [3.8, 4) is 5.75 Å². The van der Waals surface area contributed by atoms with Gasteiger partial charge in [0.2, 0.25) is 0 Å². The molecule has 2 aromatic heterocycles. The molecule has 3 heterocycles. The Hall–Kier alpha value is -2.92. The molecule has 1 atom stereocenters. The Kier molecular flexibility index (Phi) is 6.92. The summed E-state index contributed by atoms with van der Waals surface area (Å²) >= 11 is 6.19. The van der Waals surface area contributed by atoms with E-state index in [1.807, 2.05) is 54.6 Å². The van der Waals surface area contributed by atoms with Crippen molar-refractivity contribution in [2.45, 2.75) is 38.5 Å². The van der Waals surface area contributed by atoms with E-state index in [4.69, 9.17) is 16.3 Å². The van der Waals surface area contributed by atoms with Gasteiger partial charge in [0, 0.05) is 32.4 Å². The second-order valence-electron chi connectivity index (χ2n) is 9.35. The standard InChI is InChI=1S/C23H27ClF3N7O/c1-22(2,3)34-21(29-30-31-34)19(15-6-5-7-17(12-15)35-4)32-8-10-33(11-9-32)20-18(24)13-16(14-28-20)23(25,26)27/h5-7,12-14,19H,8-11H2,1-4H3. The lowest BCUT2D eigenvalue weighted by atomic mass is 10.0. The molecule has 1 aromatic carbocycles. The van der Waals surface area contributed by atoms with E-state index < -0.39 is 11.7 Å². The maximum Gasteiger partial charge on any atom is 0.417 e. The Bertz CT molecular complexity index is 1170. The molecular formula is C23H27ClF3N7O. The molecule has 0 N–H and O–H groups in total. The van der Waals surface area contributed by atoms with Crippen LogP contribution in [-0.2, 0) is 11.7 Å². The van der Waals surface area contributed by atoms with Crippen LogP contribution in [-0.4, -0.2) is 63.4 Å². The summed E-state index contributed by atoms with van der Waals surface area (Å²) in [6.45, 7) is 8.34. The second-order valence-corrected chi connectivity index (χ2v) is 9.76. The predicted molar refractivity (Wildman–Crippen MR) is 126 cm³/mol. The van der Waals surface area contributed by atoms with Gasteiger partial charge in [-0.05, 0) is 55.0 Å². The number of pyridine rings is 1. The lowest BCUT2D eigenvalue weighted by molar-refractivity contribution is -0.137. The molecule has 0 amide bonds. The van der Waals surface area contributed by atoms with Crippen LogP contribution in [0.3, 0.4) is 0 Å². The first-order valence-corrected chi connectivity index (χ1v) is 11.5. The smallest absolute Gasteiger partial charge is 0.417 e. The van der Waals surface area contributed by atoms with E-state index in [1.54, 1.807) is 7.11 Å². The summed E-state index contributed by atoms with van der Waals surface area (Å²) in [5, 5.41) is 12.6. The summed E-state index contributed by atoms with van der Waals surface area (Å²) in [4.78, 5) is 8.16. The van der Waals surface area contributed by atoms with Gasteiger partial charge in [-0.2, -0.15) is 13.2 Å². The fourth-order valence-corrected chi connectivity index (χ4v) is 4.47. The van der Waals surface area contributed by atoms with E-state index in [2.05, 4.69) is 25.4 Å². The van der Waals surface area contributed by atoms with Crippen LogP contribution in [0.25, 0.3) is 0 Å². The number of halogens is 4. The van der Waals surface area contributed by atoms with Crippen LogP contribution in [0.1, 0.15) is 43.8 Å². The number of alkyl halides is 3. The van der Waals surface area contributed by atoms with E-state index in [0.29, 0.717) is 37.8 Å². The monoisotopic (exact) mass is 509 g/mol. The number of anilines is 1. The number of piperazine rings is 1. The number of nitrogens with zero attached hydrogens (tertiary/aromatic N) is 7. The Morgan fingerprint density at radius 2 is 1.77 bits per heavy atom. The molecule has 8 nitrogen and oxygen atoms in total. The Morgan fingerprint density at radius 1 is 1.06 bits per heavy atom. The van der Waals surface area contributed by atoms with E-state index in [9.17, 15) is 13.2 Å². The van der Waals surface area contributed by atoms with Crippen molar-refractivity contribution in [3.05, 3.63) is 58.5 Å². The van der Waals surface area contributed by atoms with E-state index in [-0.39, 0.29) is 16.6 Å². The normalized spacial score (nSPS) is 16.4.